The fourth-order valence-electron chi connectivity index (χ4n) is 2.94. The van der Waals surface area contributed by atoms with Gasteiger partial charge in [-0.2, -0.15) is 4.31 Å². The van der Waals surface area contributed by atoms with Gasteiger partial charge in [0.1, 0.15) is 5.82 Å². The summed E-state index contributed by atoms with van der Waals surface area (Å²) in [6.07, 6.45) is -0.398. The number of fused-ring (bicyclic) bond motifs is 1. The Kier molecular flexibility index (Phi) is 4.70. The van der Waals surface area contributed by atoms with Crippen molar-refractivity contribution in [1.29, 1.82) is 0 Å². The van der Waals surface area contributed by atoms with Crippen LogP contribution in [-0.4, -0.2) is 66.1 Å². The Balaban J connectivity index is 1.79. The van der Waals surface area contributed by atoms with E-state index in [1.54, 1.807) is 25.1 Å². The monoisotopic (exact) mass is 366 g/mol. The van der Waals surface area contributed by atoms with Crippen molar-refractivity contribution in [3.63, 3.8) is 0 Å². The first kappa shape index (κ1) is 17.7. The van der Waals surface area contributed by atoms with Gasteiger partial charge < -0.3 is 14.2 Å². The third kappa shape index (κ3) is 3.21. The van der Waals surface area contributed by atoms with E-state index in [1.165, 1.54) is 9.21 Å². The van der Waals surface area contributed by atoms with E-state index in [2.05, 4.69) is 4.98 Å². The number of imidazole rings is 1. The SMILES string of the molecule is CCOC(=O)N1CCN(S(=O)(=O)c2ccc3c(c2)nc(C)n3C)CC1. The van der Waals surface area contributed by atoms with E-state index < -0.39 is 16.1 Å². The normalized spacial score (nSPS) is 16.4. The summed E-state index contributed by atoms with van der Waals surface area (Å²) in [7, 11) is -1.72. The largest absolute Gasteiger partial charge is 0.450 e. The van der Waals surface area contributed by atoms with Crippen LogP contribution in [0.5, 0.6) is 0 Å². The number of rotatable bonds is 3. The number of ether oxygens (including phenoxy) is 1. The maximum absolute atomic E-state index is 12.9. The molecule has 1 aromatic heterocycles. The lowest BCUT2D eigenvalue weighted by atomic mass is 10.3. The molecule has 2 aromatic rings. The number of hydrogen-bond donors (Lipinski definition) is 0. The van der Waals surface area contributed by atoms with Crippen molar-refractivity contribution in [2.45, 2.75) is 18.7 Å². The fourth-order valence-corrected chi connectivity index (χ4v) is 4.38. The number of nitrogens with zero attached hydrogens (tertiary/aromatic N) is 4. The molecule has 0 radical (unpaired) electrons. The minimum Gasteiger partial charge on any atom is -0.450 e. The molecule has 1 aromatic carbocycles. The predicted octanol–water partition coefficient (Wildman–Crippen LogP) is 1.34. The summed E-state index contributed by atoms with van der Waals surface area (Å²) < 4.78 is 34.0. The van der Waals surface area contributed by atoms with Crippen molar-refractivity contribution in [2.75, 3.05) is 32.8 Å². The zero-order valence-corrected chi connectivity index (χ0v) is 15.4. The standard InChI is InChI=1S/C16H22N4O4S/c1-4-24-16(21)19-7-9-20(10-8-19)25(22,23)13-5-6-15-14(11-13)17-12(2)18(15)3/h5-6,11H,4,7-10H2,1-3H3. The zero-order chi connectivity index (χ0) is 18.2. The van der Waals surface area contributed by atoms with Crippen LogP contribution in [0.15, 0.2) is 23.1 Å². The molecule has 25 heavy (non-hydrogen) atoms. The number of carbonyl (C=O) groups is 1. The molecule has 1 amide bonds. The number of carbonyl (C=O) groups excluding carboxylic acids is 1. The molecule has 1 fully saturated rings. The smallest absolute Gasteiger partial charge is 0.409 e. The number of benzene rings is 1. The van der Waals surface area contributed by atoms with Crippen LogP contribution in [0, 0.1) is 6.92 Å². The van der Waals surface area contributed by atoms with Crippen molar-refractivity contribution in [2.24, 2.45) is 7.05 Å². The molecule has 3 rings (SSSR count). The van der Waals surface area contributed by atoms with Gasteiger partial charge in [0.05, 0.1) is 22.5 Å². The molecule has 9 heteroatoms. The number of aryl methyl sites for hydroxylation is 2. The molecule has 0 atom stereocenters. The Labute approximate surface area is 147 Å². The van der Waals surface area contributed by atoms with Crippen molar-refractivity contribution < 1.29 is 17.9 Å². The quantitative estimate of drug-likeness (QED) is 0.818. The Hall–Kier alpha value is -2.13. The lowest BCUT2D eigenvalue weighted by Crippen LogP contribution is -2.50. The van der Waals surface area contributed by atoms with Gasteiger partial charge in [-0.3, -0.25) is 0 Å². The van der Waals surface area contributed by atoms with Crippen LogP contribution in [0.2, 0.25) is 0 Å². The van der Waals surface area contributed by atoms with Gasteiger partial charge in [0.2, 0.25) is 10.0 Å². The van der Waals surface area contributed by atoms with E-state index in [0.717, 1.165) is 11.3 Å². The Morgan fingerprint density at radius 3 is 2.56 bits per heavy atom. The molecule has 1 saturated heterocycles. The first-order valence-electron chi connectivity index (χ1n) is 8.19. The highest BCUT2D eigenvalue weighted by molar-refractivity contribution is 7.89. The van der Waals surface area contributed by atoms with Crippen LogP contribution < -0.4 is 0 Å². The molecular weight excluding hydrogens is 344 g/mol. The molecule has 0 N–H and O–H groups in total. The van der Waals surface area contributed by atoms with Gasteiger partial charge in [-0.25, -0.2) is 18.2 Å². The van der Waals surface area contributed by atoms with Crippen LogP contribution in [0.1, 0.15) is 12.7 Å². The highest BCUT2D eigenvalue weighted by Crippen LogP contribution is 2.23. The van der Waals surface area contributed by atoms with Crippen LogP contribution in [0.3, 0.4) is 0 Å². The molecule has 1 aliphatic heterocycles. The molecule has 1 aliphatic rings. The van der Waals surface area contributed by atoms with E-state index in [9.17, 15) is 13.2 Å². The minimum atomic E-state index is -3.61. The topological polar surface area (TPSA) is 84.7 Å². The first-order valence-corrected chi connectivity index (χ1v) is 9.63. The van der Waals surface area contributed by atoms with E-state index in [0.29, 0.717) is 25.2 Å². The van der Waals surface area contributed by atoms with Crippen molar-refractivity contribution in [3.8, 4) is 0 Å². The molecule has 0 aliphatic carbocycles. The van der Waals surface area contributed by atoms with Crippen LogP contribution in [0.4, 0.5) is 4.79 Å². The van der Waals surface area contributed by atoms with Crippen molar-refractivity contribution in [3.05, 3.63) is 24.0 Å². The van der Waals surface area contributed by atoms with Crippen molar-refractivity contribution >= 4 is 27.1 Å². The highest BCUT2D eigenvalue weighted by Gasteiger charge is 2.30. The van der Waals surface area contributed by atoms with Crippen molar-refractivity contribution in [1.82, 2.24) is 18.8 Å². The average Bonchev–Trinajstić information content (AvgIpc) is 2.89. The molecule has 136 valence electrons. The lowest BCUT2D eigenvalue weighted by Gasteiger charge is -2.33. The van der Waals surface area contributed by atoms with Crippen LogP contribution in [0.25, 0.3) is 11.0 Å². The number of hydrogen-bond acceptors (Lipinski definition) is 5. The summed E-state index contributed by atoms with van der Waals surface area (Å²) in [4.78, 5) is 17.9. The van der Waals surface area contributed by atoms with Crippen LogP contribution in [-0.2, 0) is 21.8 Å². The second-order valence-corrected chi connectivity index (χ2v) is 7.90. The minimum absolute atomic E-state index is 0.225. The second kappa shape index (κ2) is 6.64. The van der Waals surface area contributed by atoms with Gasteiger partial charge in [-0.15, -0.1) is 0 Å². The van der Waals surface area contributed by atoms with Crippen LogP contribution >= 0.6 is 0 Å². The summed E-state index contributed by atoms with van der Waals surface area (Å²) in [5.74, 6) is 0.826. The Bertz CT molecular complexity index is 898. The Morgan fingerprint density at radius 1 is 1.24 bits per heavy atom. The maximum Gasteiger partial charge on any atom is 0.409 e. The second-order valence-electron chi connectivity index (χ2n) is 5.96. The van der Waals surface area contributed by atoms with E-state index in [4.69, 9.17) is 4.74 Å². The number of amides is 1. The molecule has 0 unspecified atom stereocenters. The molecule has 0 saturated carbocycles. The summed E-state index contributed by atoms with van der Waals surface area (Å²) in [6.45, 7) is 5.07. The number of aromatic nitrogens is 2. The summed E-state index contributed by atoms with van der Waals surface area (Å²) in [5.41, 5.74) is 1.55. The highest BCUT2D eigenvalue weighted by atomic mass is 32.2. The summed E-state index contributed by atoms with van der Waals surface area (Å²) in [5, 5.41) is 0. The molecule has 0 bridgehead atoms. The molecular formula is C16H22N4O4S. The molecule has 8 nitrogen and oxygen atoms in total. The molecule has 2 heterocycles. The summed E-state index contributed by atoms with van der Waals surface area (Å²) >= 11 is 0. The van der Waals surface area contributed by atoms with Gasteiger partial charge in [0, 0.05) is 33.2 Å². The lowest BCUT2D eigenvalue weighted by molar-refractivity contribution is 0.0934. The zero-order valence-electron chi connectivity index (χ0n) is 14.6. The average molecular weight is 366 g/mol. The van der Waals surface area contributed by atoms with Gasteiger partial charge in [-0.1, -0.05) is 0 Å². The third-order valence-corrected chi connectivity index (χ3v) is 6.37. The van der Waals surface area contributed by atoms with Gasteiger partial charge in [0.25, 0.3) is 0 Å². The van der Waals surface area contributed by atoms with Gasteiger partial charge in [-0.05, 0) is 32.0 Å². The van der Waals surface area contributed by atoms with Gasteiger partial charge >= 0.3 is 6.09 Å². The van der Waals surface area contributed by atoms with E-state index in [-0.39, 0.29) is 18.0 Å². The number of piperazine rings is 1. The first-order chi connectivity index (χ1) is 11.8. The summed E-state index contributed by atoms with van der Waals surface area (Å²) in [6, 6.07) is 4.99. The third-order valence-electron chi connectivity index (χ3n) is 4.48. The Morgan fingerprint density at radius 2 is 1.92 bits per heavy atom. The van der Waals surface area contributed by atoms with E-state index >= 15 is 0 Å². The molecule has 0 spiro atoms. The predicted molar refractivity (Wildman–Crippen MR) is 92.8 cm³/mol. The maximum atomic E-state index is 12.9. The fraction of sp³-hybridized carbons (Fsp3) is 0.500. The van der Waals surface area contributed by atoms with Gasteiger partial charge in [0.15, 0.2) is 0 Å². The number of sulfonamides is 1. The van der Waals surface area contributed by atoms with E-state index in [1.807, 2.05) is 18.5 Å².